The van der Waals surface area contributed by atoms with Crippen LogP contribution in [0.5, 0.6) is 0 Å². The van der Waals surface area contributed by atoms with Crippen LogP contribution in [0.4, 0.5) is 0 Å². The smallest absolute Gasteiger partial charge is 0.295 e. The fourth-order valence-electron chi connectivity index (χ4n) is 3.45. The van der Waals surface area contributed by atoms with E-state index in [1.807, 2.05) is 37.3 Å². The number of aromatic amines is 1. The standard InChI is InChI=1S/C20H22N6O2/c1-2-26-13-16(12-21-26)17(27)20(28)25-10-8-15(9-11-25)19-22-18(23-24-19)14-6-4-3-5-7-14/h3-7,12-13,15H,2,8-11H2,1H3,(H,22,23,24). The van der Waals surface area contributed by atoms with Crippen LogP contribution in [-0.2, 0) is 11.3 Å². The molecule has 3 heterocycles. The Morgan fingerprint density at radius 3 is 2.61 bits per heavy atom. The van der Waals surface area contributed by atoms with Crippen LogP contribution < -0.4 is 0 Å². The molecule has 1 saturated heterocycles. The first-order valence-electron chi connectivity index (χ1n) is 9.49. The maximum Gasteiger partial charge on any atom is 0.295 e. The molecule has 1 aliphatic rings. The second kappa shape index (κ2) is 7.75. The summed E-state index contributed by atoms with van der Waals surface area (Å²) in [6.45, 7) is 3.65. The number of aryl methyl sites for hydroxylation is 1. The first kappa shape index (κ1) is 18.1. The van der Waals surface area contributed by atoms with Crippen LogP contribution in [0.25, 0.3) is 11.4 Å². The number of nitrogens with zero attached hydrogens (tertiary/aromatic N) is 5. The number of carbonyl (C=O) groups excluding carboxylic acids is 2. The number of rotatable bonds is 5. The van der Waals surface area contributed by atoms with Crippen LogP contribution in [0.15, 0.2) is 42.7 Å². The third kappa shape index (κ3) is 3.58. The number of likely N-dealkylation sites (tertiary alicyclic amines) is 1. The van der Waals surface area contributed by atoms with Crippen molar-refractivity contribution >= 4 is 11.7 Å². The van der Waals surface area contributed by atoms with E-state index in [1.54, 1.807) is 15.8 Å². The third-order valence-electron chi connectivity index (χ3n) is 5.12. The fourth-order valence-corrected chi connectivity index (χ4v) is 3.45. The molecule has 3 aromatic rings. The zero-order valence-electron chi connectivity index (χ0n) is 15.7. The van der Waals surface area contributed by atoms with Gasteiger partial charge in [0.25, 0.3) is 11.7 Å². The van der Waals surface area contributed by atoms with Crippen molar-refractivity contribution in [2.75, 3.05) is 13.1 Å². The molecule has 28 heavy (non-hydrogen) atoms. The van der Waals surface area contributed by atoms with Gasteiger partial charge in [-0.1, -0.05) is 30.3 Å². The van der Waals surface area contributed by atoms with Gasteiger partial charge in [0.2, 0.25) is 0 Å². The first-order chi connectivity index (χ1) is 13.7. The molecule has 0 unspecified atom stereocenters. The minimum absolute atomic E-state index is 0.201. The SMILES string of the molecule is CCn1cc(C(=O)C(=O)N2CCC(c3nc(-c4ccccc4)n[nH]3)CC2)cn1. The number of nitrogens with one attached hydrogen (secondary N) is 1. The summed E-state index contributed by atoms with van der Waals surface area (Å²) in [6.07, 6.45) is 4.57. The molecular formula is C20H22N6O2. The summed E-state index contributed by atoms with van der Waals surface area (Å²) in [7, 11) is 0. The van der Waals surface area contributed by atoms with Crippen molar-refractivity contribution in [2.45, 2.75) is 32.2 Å². The van der Waals surface area contributed by atoms with E-state index < -0.39 is 11.7 Å². The Morgan fingerprint density at radius 1 is 1.18 bits per heavy atom. The predicted octanol–water partition coefficient (Wildman–Crippen LogP) is 2.28. The number of Topliss-reactive ketones (excluding diaryl/α,β-unsaturated/α-hetero) is 1. The van der Waals surface area contributed by atoms with Crippen LogP contribution in [0.3, 0.4) is 0 Å². The molecule has 1 amide bonds. The number of carbonyl (C=O) groups is 2. The van der Waals surface area contributed by atoms with Gasteiger partial charge in [0.05, 0.1) is 11.8 Å². The molecule has 1 aliphatic heterocycles. The van der Waals surface area contributed by atoms with Crippen LogP contribution in [0, 0.1) is 0 Å². The van der Waals surface area contributed by atoms with Gasteiger partial charge in [0.15, 0.2) is 5.82 Å². The number of amides is 1. The normalized spacial score (nSPS) is 15.0. The third-order valence-corrected chi connectivity index (χ3v) is 5.12. The zero-order valence-corrected chi connectivity index (χ0v) is 15.7. The lowest BCUT2D eigenvalue weighted by atomic mass is 9.95. The highest BCUT2D eigenvalue weighted by molar-refractivity contribution is 6.42. The molecule has 0 atom stereocenters. The van der Waals surface area contributed by atoms with Crippen LogP contribution in [0.2, 0.25) is 0 Å². The van der Waals surface area contributed by atoms with E-state index in [4.69, 9.17) is 0 Å². The van der Waals surface area contributed by atoms with Gasteiger partial charge in [-0.25, -0.2) is 4.98 Å². The highest BCUT2D eigenvalue weighted by atomic mass is 16.2. The summed E-state index contributed by atoms with van der Waals surface area (Å²) in [5, 5.41) is 11.4. The minimum Gasteiger partial charge on any atom is -0.336 e. The predicted molar refractivity (Wildman–Crippen MR) is 103 cm³/mol. The lowest BCUT2D eigenvalue weighted by Crippen LogP contribution is -2.41. The Bertz CT molecular complexity index is 970. The molecule has 144 valence electrons. The number of hydrogen-bond acceptors (Lipinski definition) is 5. The molecule has 1 fully saturated rings. The molecule has 0 saturated carbocycles. The van der Waals surface area contributed by atoms with Crippen molar-refractivity contribution < 1.29 is 9.59 Å². The van der Waals surface area contributed by atoms with Crippen LogP contribution in [-0.4, -0.2) is 54.6 Å². The lowest BCUT2D eigenvalue weighted by molar-refractivity contribution is -0.127. The van der Waals surface area contributed by atoms with Gasteiger partial charge in [-0.05, 0) is 19.8 Å². The number of hydrogen-bond donors (Lipinski definition) is 1. The number of ketones is 1. The Hall–Kier alpha value is -3.29. The van der Waals surface area contributed by atoms with Gasteiger partial charge in [-0.15, -0.1) is 0 Å². The minimum atomic E-state index is -0.496. The molecule has 4 rings (SSSR count). The van der Waals surface area contributed by atoms with Gasteiger partial charge in [0.1, 0.15) is 5.82 Å². The van der Waals surface area contributed by atoms with Crippen molar-refractivity contribution in [3.63, 3.8) is 0 Å². The summed E-state index contributed by atoms with van der Waals surface area (Å²) in [5.41, 5.74) is 1.31. The Balaban J connectivity index is 1.37. The summed E-state index contributed by atoms with van der Waals surface area (Å²) in [4.78, 5) is 31.2. The summed E-state index contributed by atoms with van der Waals surface area (Å²) < 4.78 is 1.64. The number of aromatic nitrogens is 5. The number of piperidine rings is 1. The van der Waals surface area contributed by atoms with E-state index in [2.05, 4.69) is 20.3 Å². The molecule has 1 N–H and O–H groups in total. The van der Waals surface area contributed by atoms with Gasteiger partial charge >= 0.3 is 0 Å². The zero-order chi connectivity index (χ0) is 19.5. The lowest BCUT2D eigenvalue weighted by Gasteiger charge is -2.30. The number of benzene rings is 1. The second-order valence-corrected chi connectivity index (χ2v) is 6.89. The van der Waals surface area contributed by atoms with E-state index in [0.29, 0.717) is 31.0 Å². The topological polar surface area (TPSA) is 96.8 Å². The Labute approximate surface area is 162 Å². The van der Waals surface area contributed by atoms with Crippen molar-refractivity contribution in [3.05, 3.63) is 54.1 Å². The molecule has 0 bridgehead atoms. The van der Waals surface area contributed by atoms with E-state index in [9.17, 15) is 9.59 Å². The first-order valence-corrected chi connectivity index (χ1v) is 9.49. The van der Waals surface area contributed by atoms with Crippen LogP contribution >= 0.6 is 0 Å². The van der Waals surface area contributed by atoms with E-state index in [0.717, 1.165) is 24.2 Å². The van der Waals surface area contributed by atoms with Gasteiger partial charge in [0, 0.05) is 37.3 Å². The van der Waals surface area contributed by atoms with E-state index >= 15 is 0 Å². The van der Waals surface area contributed by atoms with Gasteiger partial charge < -0.3 is 4.90 Å². The average molecular weight is 378 g/mol. The second-order valence-electron chi connectivity index (χ2n) is 6.89. The molecule has 2 aromatic heterocycles. The average Bonchev–Trinajstić information content (AvgIpc) is 3.43. The van der Waals surface area contributed by atoms with Crippen molar-refractivity contribution in [1.82, 2.24) is 29.9 Å². The quantitative estimate of drug-likeness (QED) is 0.543. The maximum absolute atomic E-state index is 12.5. The van der Waals surface area contributed by atoms with E-state index in [-0.39, 0.29) is 5.92 Å². The highest BCUT2D eigenvalue weighted by Gasteiger charge is 2.30. The summed E-state index contributed by atoms with van der Waals surface area (Å²) >= 11 is 0. The van der Waals surface area contributed by atoms with Gasteiger partial charge in [-0.3, -0.25) is 19.4 Å². The summed E-state index contributed by atoms with van der Waals surface area (Å²) in [5.74, 6) is 0.756. The monoisotopic (exact) mass is 378 g/mol. The molecule has 8 heteroatoms. The van der Waals surface area contributed by atoms with Crippen molar-refractivity contribution in [2.24, 2.45) is 0 Å². The highest BCUT2D eigenvalue weighted by Crippen LogP contribution is 2.27. The Kier molecular flexibility index (Phi) is 5.01. The summed E-state index contributed by atoms with van der Waals surface area (Å²) in [6, 6.07) is 9.81. The largest absolute Gasteiger partial charge is 0.336 e. The number of H-pyrrole nitrogens is 1. The molecule has 1 aromatic carbocycles. The maximum atomic E-state index is 12.5. The molecular weight excluding hydrogens is 356 g/mol. The molecule has 8 nitrogen and oxygen atoms in total. The molecule has 0 spiro atoms. The molecule has 0 aliphatic carbocycles. The van der Waals surface area contributed by atoms with Crippen molar-refractivity contribution in [1.29, 1.82) is 0 Å². The van der Waals surface area contributed by atoms with Crippen LogP contribution in [0.1, 0.15) is 41.9 Å². The molecule has 0 radical (unpaired) electrons. The van der Waals surface area contributed by atoms with Crippen molar-refractivity contribution in [3.8, 4) is 11.4 Å². The Morgan fingerprint density at radius 2 is 1.93 bits per heavy atom. The fraction of sp³-hybridized carbons (Fsp3) is 0.350. The van der Waals surface area contributed by atoms with E-state index in [1.165, 1.54) is 6.20 Å². The van der Waals surface area contributed by atoms with Gasteiger partial charge in [-0.2, -0.15) is 10.2 Å².